The van der Waals surface area contributed by atoms with Gasteiger partial charge in [0.1, 0.15) is 0 Å². The molecule has 0 fully saturated rings. The van der Waals surface area contributed by atoms with Gasteiger partial charge >= 0.3 is 6.18 Å². The van der Waals surface area contributed by atoms with E-state index in [1.54, 1.807) is 48.5 Å². The fourth-order valence-corrected chi connectivity index (χ4v) is 3.66. The Hall–Kier alpha value is -2.97. The summed E-state index contributed by atoms with van der Waals surface area (Å²) in [7, 11) is 0. The molecule has 0 aliphatic carbocycles. The zero-order valence-corrected chi connectivity index (χ0v) is 18.2. The molecule has 3 aromatic carbocycles. The van der Waals surface area contributed by atoms with E-state index in [4.69, 9.17) is 11.6 Å². The topological polar surface area (TPSA) is 58.2 Å². The van der Waals surface area contributed by atoms with Gasteiger partial charge in [-0.25, -0.2) is 0 Å². The quantitative estimate of drug-likeness (QED) is 0.393. The van der Waals surface area contributed by atoms with Crippen molar-refractivity contribution in [2.75, 3.05) is 16.4 Å². The minimum Gasteiger partial charge on any atom is -0.326 e. The van der Waals surface area contributed by atoms with Crippen LogP contribution in [0.2, 0.25) is 5.02 Å². The third kappa shape index (κ3) is 7.32. The molecule has 3 rings (SSSR count). The first-order chi connectivity index (χ1) is 15.2. The highest BCUT2D eigenvalue weighted by Gasteiger charge is 2.30. The summed E-state index contributed by atoms with van der Waals surface area (Å²) in [5.41, 5.74) is 0.648. The Morgan fingerprint density at radius 1 is 0.844 bits per heavy atom. The molecule has 9 heteroatoms. The van der Waals surface area contributed by atoms with E-state index >= 15 is 0 Å². The minimum atomic E-state index is -4.48. The lowest BCUT2D eigenvalue weighted by molar-refractivity contribution is -0.137. The predicted molar refractivity (Wildman–Crippen MR) is 121 cm³/mol. The molecule has 0 aliphatic rings. The molecule has 0 aliphatic heterocycles. The predicted octanol–water partition coefficient (Wildman–Crippen LogP) is 6.27. The molecule has 0 radical (unpaired) electrons. The maximum absolute atomic E-state index is 12.8. The van der Waals surface area contributed by atoms with E-state index in [0.29, 0.717) is 10.7 Å². The first kappa shape index (κ1) is 23.7. The van der Waals surface area contributed by atoms with Crippen molar-refractivity contribution in [2.24, 2.45) is 0 Å². The molecular formula is C23H18ClF3N2O2S. The summed E-state index contributed by atoms with van der Waals surface area (Å²) in [5, 5.41) is 5.86. The standard InChI is InChI=1S/C23H18ClF3N2O2S/c24-17-9-7-15(8-10-17)11-21(30)28-19-5-2-6-20(13-19)32-14-22(31)29-18-4-1-3-16(12-18)23(25,26)27/h1-10,12-13H,11,14H2,(H,28,30)(H,29,31). The van der Waals surface area contributed by atoms with Gasteiger partial charge in [-0.3, -0.25) is 9.59 Å². The summed E-state index contributed by atoms with van der Waals surface area (Å²) in [6, 6.07) is 18.4. The third-order valence-electron chi connectivity index (χ3n) is 4.24. The first-order valence-electron chi connectivity index (χ1n) is 9.43. The van der Waals surface area contributed by atoms with E-state index in [-0.39, 0.29) is 23.8 Å². The molecule has 0 bridgehead atoms. The van der Waals surface area contributed by atoms with Gasteiger partial charge in [0, 0.05) is 21.3 Å². The second-order valence-electron chi connectivity index (χ2n) is 6.79. The molecule has 166 valence electrons. The van der Waals surface area contributed by atoms with Gasteiger partial charge in [-0.1, -0.05) is 35.9 Å². The summed E-state index contributed by atoms with van der Waals surface area (Å²) in [6.45, 7) is 0. The highest BCUT2D eigenvalue weighted by Crippen LogP contribution is 2.30. The van der Waals surface area contributed by atoms with Crippen molar-refractivity contribution in [3.05, 3.63) is 88.9 Å². The van der Waals surface area contributed by atoms with Gasteiger partial charge in [-0.05, 0) is 54.1 Å². The summed E-state index contributed by atoms with van der Waals surface area (Å²) in [5.74, 6) is -0.637. The zero-order chi connectivity index (χ0) is 23.1. The number of benzene rings is 3. The van der Waals surface area contributed by atoms with Crippen LogP contribution < -0.4 is 10.6 Å². The van der Waals surface area contributed by atoms with Crippen molar-refractivity contribution in [1.29, 1.82) is 0 Å². The lowest BCUT2D eigenvalue weighted by Crippen LogP contribution is -2.15. The number of alkyl halides is 3. The molecule has 2 amide bonds. The van der Waals surface area contributed by atoms with E-state index < -0.39 is 17.6 Å². The van der Waals surface area contributed by atoms with Gasteiger partial charge in [0.05, 0.1) is 17.7 Å². The highest BCUT2D eigenvalue weighted by molar-refractivity contribution is 8.00. The number of hydrogen-bond donors (Lipinski definition) is 2. The first-order valence-corrected chi connectivity index (χ1v) is 10.8. The average molecular weight is 479 g/mol. The number of amides is 2. The van der Waals surface area contributed by atoms with Gasteiger partial charge < -0.3 is 10.6 Å². The molecule has 0 spiro atoms. The van der Waals surface area contributed by atoms with Crippen LogP contribution in [0.25, 0.3) is 0 Å². The van der Waals surface area contributed by atoms with Crippen LogP contribution in [0.1, 0.15) is 11.1 Å². The molecule has 32 heavy (non-hydrogen) atoms. The third-order valence-corrected chi connectivity index (χ3v) is 5.49. The number of hydrogen-bond acceptors (Lipinski definition) is 3. The second-order valence-corrected chi connectivity index (χ2v) is 8.28. The SMILES string of the molecule is O=C(CSc1cccc(NC(=O)Cc2ccc(Cl)cc2)c1)Nc1cccc(C(F)(F)F)c1. The summed E-state index contributed by atoms with van der Waals surface area (Å²) in [6.07, 6.45) is -4.29. The van der Waals surface area contributed by atoms with Crippen molar-refractivity contribution >= 4 is 46.6 Å². The molecule has 4 nitrogen and oxygen atoms in total. The van der Waals surface area contributed by atoms with E-state index in [1.165, 1.54) is 23.9 Å². The number of carbonyl (C=O) groups is 2. The maximum Gasteiger partial charge on any atom is 0.416 e. The summed E-state index contributed by atoms with van der Waals surface area (Å²) in [4.78, 5) is 25.1. The largest absolute Gasteiger partial charge is 0.416 e. The second kappa shape index (κ2) is 10.6. The van der Waals surface area contributed by atoms with Gasteiger partial charge in [0.25, 0.3) is 0 Å². The van der Waals surface area contributed by atoms with Crippen LogP contribution >= 0.6 is 23.4 Å². The maximum atomic E-state index is 12.8. The fourth-order valence-electron chi connectivity index (χ4n) is 2.78. The Morgan fingerprint density at radius 2 is 1.47 bits per heavy atom. The van der Waals surface area contributed by atoms with Crippen LogP contribution in [0.4, 0.5) is 24.5 Å². The Labute approximate surface area is 192 Å². The smallest absolute Gasteiger partial charge is 0.326 e. The van der Waals surface area contributed by atoms with Crippen molar-refractivity contribution in [1.82, 2.24) is 0 Å². The molecule has 0 aromatic heterocycles. The van der Waals surface area contributed by atoms with Crippen LogP contribution in [-0.4, -0.2) is 17.6 Å². The number of thioether (sulfide) groups is 1. The molecule has 3 aromatic rings. The van der Waals surface area contributed by atoms with E-state index in [2.05, 4.69) is 10.6 Å². The Bertz CT molecular complexity index is 1100. The zero-order valence-electron chi connectivity index (χ0n) is 16.6. The van der Waals surface area contributed by atoms with Crippen molar-refractivity contribution in [3.8, 4) is 0 Å². The lowest BCUT2D eigenvalue weighted by atomic mass is 10.1. The van der Waals surface area contributed by atoms with Crippen molar-refractivity contribution in [3.63, 3.8) is 0 Å². The minimum absolute atomic E-state index is 0.00157. The molecule has 2 N–H and O–H groups in total. The van der Waals surface area contributed by atoms with Crippen LogP contribution in [0.15, 0.2) is 77.7 Å². The van der Waals surface area contributed by atoms with Crippen molar-refractivity contribution in [2.45, 2.75) is 17.5 Å². The van der Waals surface area contributed by atoms with Gasteiger partial charge in [0.15, 0.2) is 0 Å². The number of rotatable bonds is 7. The molecule has 0 atom stereocenters. The normalized spacial score (nSPS) is 11.1. The van der Waals surface area contributed by atoms with Crippen LogP contribution in [0.3, 0.4) is 0 Å². The number of halogens is 4. The Balaban J connectivity index is 1.52. The van der Waals surface area contributed by atoms with Crippen LogP contribution in [0, 0.1) is 0 Å². The van der Waals surface area contributed by atoms with Crippen molar-refractivity contribution < 1.29 is 22.8 Å². The van der Waals surface area contributed by atoms with E-state index in [1.807, 2.05) is 0 Å². The Morgan fingerprint density at radius 3 is 2.16 bits per heavy atom. The highest BCUT2D eigenvalue weighted by atomic mass is 35.5. The molecule has 0 saturated heterocycles. The summed E-state index contributed by atoms with van der Waals surface area (Å²) >= 11 is 7.05. The number of carbonyl (C=O) groups excluding carboxylic acids is 2. The summed E-state index contributed by atoms with van der Waals surface area (Å²) < 4.78 is 38.4. The Kier molecular flexibility index (Phi) is 7.82. The monoisotopic (exact) mass is 478 g/mol. The van der Waals surface area contributed by atoms with Crippen LogP contribution in [-0.2, 0) is 22.2 Å². The molecule has 0 saturated carbocycles. The van der Waals surface area contributed by atoms with Gasteiger partial charge in [-0.2, -0.15) is 13.2 Å². The van der Waals surface area contributed by atoms with Crippen LogP contribution in [0.5, 0.6) is 0 Å². The van der Waals surface area contributed by atoms with Gasteiger partial charge in [0.2, 0.25) is 11.8 Å². The fraction of sp³-hybridized carbons (Fsp3) is 0.130. The molecule has 0 heterocycles. The average Bonchev–Trinajstić information content (AvgIpc) is 2.74. The molecular weight excluding hydrogens is 461 g/mol. The van der Waals surface area contributed by atoms with Gasteiger partial charge in [-0.15, -0.1) is 11.8 Å². The number of anilines is 2. The lowest BCUT2D eigenvalue weighted by Gasteiger charge is -2.10. The van der Waals surface area contributed by atoms with E-state index in [0.717, 1.165) is 22.6 Å². The number of nitrogens with one attached hydrogen (secondary N) is 2. The molecule has 0 unspecified atom stereocenters. The van der Waals surface area contributed by atoms with E-state index in [9.17, 15) is 22.8 Å².